The minimum Gasteiger partial charge on any atom is -0.464 e. The Morgan fingerprint density at radius 1 is 1.29 bits per heavy atom. The first-order valence-electron chi connectivity index (χ1n) is 9.98. The van der Waals surface area contributed by atoms with E-state index >= 15 is 0 Å². The van der Waals surface area contributed by atoms with E-state index in [-0.39, 0.29) is 17.6 Å². The van der Waals surface area contributed by atoms with E-state index in [1.54, 1.807) is 6.07 Å². The van der Waals surface area contributed by atoms with Gasteiger partial charge in [-0.25, -0.2) is 4.79 Å². The van der Waals surface area contributed by atoms with Gasteiger partial charge in [-0.1, -0.05) is 31.1 Å². The van der Waals surface area contributed by atoms with Crippen LogP contribution in [0.5, 0.6) is 0 Å². The van der Waals surface area contributed by atoms with Crippen LogP contribution in [-0.2, 0) is 11.2 Å². The molecule has 0 N–H and O–H groups in total. The average Bonchev–Trinajstić information content (AvgIpc) is 3.21. The van der Waals surface area contributed by atoms with E-state index in [0.29, 0.717) is 23.7 Å². The third-order valence-corrected chi connectivity index (χ3v) is 5.62. The summed E-state index contributed by atoms with van der Waals surface area (Å²) in [7, 11) is 1.31. The molecule has 0 bridgehead atoms. The van der Waals surface area contributed by atoms with Gasteiger partial charge in [-0.2, -0.15) is 0 Å². The molecule has 1 aliphatic heterocycles. The molecule has 2 heterocycles. The first-order valence-corrected chi connectivity index (χ1v) is 9.98. The van der Waals surface area contributed by atoms with Gasteiger partial charge in [0.2, 0.25) is 0 Å². The van der Waals surface area contributed by atoms with Gasteiger partial charge < -0.3 is 14.2 Å². The van der Waals surface area contributed by atoms with Crippen LogP contribution < -0.4 is 0 Å². The van der Waals surface area contributed by atoms with Crippen molar-refractivity contribution in [3.63, 3.8) is 0 Å². The standard InChI is InChI=1S/C22H28N2O4/c1-4-15(2)16-8-10-17(11-9-16)21(25)24-12-6-5-7-18(24)13-19-14-20(23-28-19)22(26)27-3/h8-11,14-15,18H,4-7,12-13H2,1-3H3. The second kappa shape index (κ2) is 9.04. The van der Waals surface area contributed by atoms with Crippen LogP contribution >= 0.6 is 0 Å². The van der Waals surface area contributed by atoms with Gasteiger partial charge in [0.15, 0.2) is 5.69 Å². The summed E-state index contributed by atoms with van der Waals surface area (Å²) in [5.74, 6) is 0.612. The number of rotatable bonds is 6. The fourth-order valence-electron chi connectivity index (χ4n) is 3.68. The molecule has 2 unspecified atom stereocenters. The Kier molecular flexibility index (Phi) is 6.49. The summed E-state index contributed by atoms with van der Waals surface area (Å²) in [6.07, 6.45) is 4.59. The Morgan fingerprint density at radius 2 is 2.04 bits per heavy atom. The molecule has 1 aromatic heterocycles. The van der Waals surface area contributed by atoms with Gasteiger partial charge in [-0.05, 0) is 49.3 Å². The summed E-state index contributed by atoms with van der Waals surface area (Å²) in [4.78, 5) is 26.6. The van der Waals surface area contributed by atoms with Crippen LogP contribution in [-0.4, -0.2) is 41.6 Å². The zero-order valence-electron chi connectivity index (χ0n) is 16.8. The maximum atomic E-state index is 13.1. The smallest absolute Gasteiger partial charge is 0.360 e. The highest BCUT2D eigenvalue weighted by atomic mass is 16.5. The van der Waals surface area contributed by atoms with Gasteiger partial charge >= 0.3 is 5.97 Å². The molecule has 6 nitrogen and oxygen atoms in total. The van der Waals surface area contributed by atoms with Crippen LogP contribution in [0.3, 0.4) is 0 Å². The van der Waals surface area contributed by atoms with Crippen molar-refractivity contribution >= 4 is 11.9 Å². The molecule has 28 heavy (non-hydrogen) atoms. The van der Waals surface area contributed by atoms with Crippen molar-refractivity contribution in [2.24, 2.45) is 0 Å². The number of aromatic nitrogens is 1. The molecule has 3 rings (SSSR count). The summed E-state index contributed by atoms with van der Waals surface area (Å²) in [6.45, 7) is 5.09. The molecule has 0 spiro atoms. The number of methoxy groups -OCH3 is 1. The number of benzene rings is 1. The topological polar surface area (TPSA) is 72.6 Å². The van der Waals surface area contributed by atoms with E-state index in [0.717, 1.165) is 32.2 Å². The van der Waals surface area contributed by atoms with Crippen molar-refractivity contribution in [2.45, 2.75) is 57.9 Å². The summed E-state index contributed by atoms with van der Waals surface area (Å²) in [5.41, 5.74) is 2.13. The molecule has 1 aromatic carbocycles. The van der Waals surface area contributed by atoms with Crippen molar-refractivity contribution in [2.75, 3.05) is 13.7 Å². The number of carbonyl (C=O) groups excluding carboxylic acids is 2. The van der Waals surface area contributed by atoms with Crippen LogP contribution in [0.15, 0.2) is 34.9 Å². The van der Waals surface area contributed by atoms with Crippen molar-refractivity contribution in [3.05, 3.63) is 52.9 Å². The molecule has 150 valence electrons. The second-order valence-electron chi connectivity index (χ2n) is 7.45. The van der Waals surface area contributed by atoms with Crippen molar-refractivity contribution < 1.29 is 18.8 Å². The SMILES string of the molecule is CCC(C)c1ccc(C(=O)N2CCCCC2Cc2cc(C(=O)OC)no2)cc1. The van der Waals surface area contributed by atoms with Gasteiger partial charge in [0, 0.05) is 30.6 Å². The minimum atomic E-state index is -0.520. The molecular formula is C22H28N2O4. The zero-order chi connectivity index (χ0) is 20.1. The monoisotopic (exact) mass is 384 g/mol. The molecule has 1 saturated heterocycles. The van der Waals surface area contributed by atoms with E-state index in [4.69, 9.17) is 4.52 Å². The molecule has 1 amide bonds. The number of hydrogen-bond donors (Lipinski definition) is 0. The van der Waals surface area contributed by atoms with E-state index in [9.17, 15) is 9.59 Å². The van der Waals surface area contributed by atoms with Gasteiger partial charge in [0.1, 0.15) is 5.76 Å². The minimum absolute atomic E-state index is 0.0361. The fourth-order valence-corrected chi connectivity index (χ4v) is 3.68. The van der Waals surface area contributed by atoms with Crippen molar-refractivity contribution in [3.8, 4) is 0 Å². The summed E-state index contributed by atoms with van der Waals surface area (Å²) < 4.78 is 9.96. The highest BCUT2D eigenvalue weighted by Gasteiger charge is 2.29. The van der Waals surface area contributed by atoms with E-state index in [2.05, 4.69) is 35.9 Å². The summed E-state index contributed by atoms with van der Waals surface area (Å²) in [5, 5.41) is 3.76. The van der Waals surface area contributed by atoms with Crippen LogP contribution in [0.1, 0.15) is 77.6 Å². The highest BCUT2D eigenvalue weighted by Crippen LogP contribution is 2.25. The molecule has 6 heteroatoms. The molecule has 1 fully saturated rings. The van der Waals surface area contributed by atoms with Crippen LogP contribution in [0.4, 0.5) is 0 Å². The molecule has 0 radical (unpaired) electrons. The Labute approximate surface area is 165 Å². The lowest BCUT2D eigenvalue weighted by Crippen LogP contribution is -2.44. The first kappa shape index (κ1) is 20.1. The lowest BCUT2D eigenvalue weighted by atomic mass is 9.95. The Bertz CT molecular complexity index is 812. The number of amides is 1. The van der Waals surface area contributed by atoms with Gasteiger partial charge in [0.25, 0.3) is 5.91 Å². The van der Waals surface area contributed by atoms with Crippen LogP contribution in [0.2, 0.25) is 0 Å². The van der Waals surface area contributed by atoms with Gasteiger partial charge in [-0.3, -0.25) is 4.79 Å². The predicted molar refractivity (Wildman–Crippen MR) is 105 cm³/mol. The number of hydrogen-bond acceptors (Lipinski definition) is 5. The molecule has 1 aliphatic rings. The summed E-state index contributed by atoms with van der Waals surface area (Å²) >= 11 is 0. The van der Waals surface area contributed by atoms with Gasteiger partial charge in [-0.15, -0.1) is 0 Å². The normalized spacial score (nSPS) is 18.0. The van der Waals surface area contributed by atoms with E-state index in [1.807, 2.05) is 17.0 Å². The Balaban J connectivity index is 1.72. The molecule has 2 atom stereocenters. The van der Waals surface area contributed by atoms with Crippen LogP contribution in [0.25, 0.3) is 0 Å². The fraction of sp³-hybridized carbons (Fsp3) is 0.500. The highest BCUT2D eigenvalue weighted by molar-refractivity contribution is 5.94. The molecule has 0 aliphatic carbocycles. The number of carbonyl (C=O) groups is 2. The maximum Gasteiger partial charge on any atom is 0.360 e. The second-order valence-corrected chi connectivity index (χ2v) is 7.45. The van der Waals surface area contributed by atoms with E-state index < -0.39 is 5.97 Å². The van der Waals surface area contributed by atoms with Gasteiger partial charge in [0.05, 0.1) is 7.11 Å². The maximum absolute atomic E-state index is 13.1. The largest absolute Gasteiger partial charge is 0.464 e. The zero-order valence-corrected chi connectivity index (χ0v) is 16.8. The predicted octanol–water partition coefficient (Wildman–Crippen LogP) is 4.21. The number of esters is 1. The number of likely N-dealkylation sites (tertiary alicyclic amines) is 1. The first-order chi connectivity index (χ1) is 13.5. The van der Waals surface area contributed by atoms with Crippen molar-refractivity contribution in [1.29, 1.82) is 0 Å². The van der Waals surface area contributed by atoms with Crippen LogP contribution in [0, 0.1) is 0 Å². The average molecular weight is 384 g/mol. The lowest BCUT2D eigenvalue weighted by Gasteiger charge is -2.35. The number of piperidine rings is 1. The Morgan fingerprint density at radius 3 is 2.71 bits per heavy atom. The summed E-state index contributed by atoms with van der Waals surface area (Å²) in [6, 6.07) is 9.61. The van der Waals surface area contributed by atoms with Crippen molar-refractivity contribution in [1.82, 2.24) is 10.1 Å². The Hall–Kier alpha value is -2.63. The molecule has 0 saturated carbocycles. The third-order valence-electron chi connectivity index (χ3n) is 5.62. The number of nitrogens with zero attached hydrogens (tertiary/aromatic N) is 2. The third kappa shape index (κ3) is 4.43. The number of ether oxygens (including phenoxy) is 1. The lowest BCUT2D eigenvalue weighted by molar-refractivity contribution is 0.0588. The quantitative estimate of drug-likeness (QED) is 0.698. The molecular weight excluding hydrogens is 356 g/mol. The van der Waals surface area contributed by atoms with E-state index in [1.165, 1.54) is 12.7 Å². The molecule has 2 aromatic rings.